The summed E-state index contributed by atoms with van der Waals surface area (Å²) in [4.78, 5) is 9.43. The maximum absolute atomic E-state index is 6.27. The van der Waals surface area contributed by atoms with Crippen LogP contribution in [0.25, 0.3) is 33.3 Å². The first-order chi connectivity index (χ1) is 13.9. The van der Waals surface area contributed by atoms with Gasteiger partial charge in [-0.15, -0.1) is 0 Å². The van der Waals surface area contributed by atoms with Gasteiger partial charge in [-0.2, -0.15) is 0 Å². The van der Waals surface area contributed by atoms with Crippen LogP contribution in [0, 0.1) is 20.8 Å². The average Bonchev–Trinajstić information content (AvgIpc) is 3.04. The van der Waals surface area contributed by atoms with Crippen LogP contribution < -0.4 is 10.5 Å². The first kappa shape index (κ1) is 19.1. The van der Waals surface area contributed by atoms with Crippen molar-refractivity contribution in [1.82, 2.24) is 15.1 Å². The maximum Gasteiger partial charge on any atom is 0.212 e. The summed E-state index contributed by atoms with van der Waals surface area (Å²) >= 11 is 0. The fraction of sp³-hybridized carbons (Fsp3) is 0.261. The van der Waals surface area contributed by atoms with Gasteiger partial charge in [0, 0.05) is 34.8 Å². The highest BCUT2D eigenvalue weighted by Crippen LogP contribution is 2.38. The van der Waals surface area contributed by atoms with Gasteiger partial charge in [0.1, 0.15) is 5.76 Å². The van der Waals surface area contributed by atoms with Crippen LogP contribution in [0.2, 0.25) is 0 Å². The minimum absolute atomic E-state index is 0.106. The number of rotatable bonds is 4. The van der Waals surface area contributed by atoms with Crippen LogP contribution in [0.3, 0.4) is 0 Å². The van der Waals surface area contributed by atoms with Gasteiger partial charge >= 0.3 is 0 Å². The monoisotopic (exact) mass is 388 g/mol. The minimum atomic E-state index is -0.106. The van der Waals surface area contributed by atoms with Crippen LogP contribution in [0.1, 0.15) is 35.5 Å². The van der Waals surface area contributed by atoms with E-state index in [-0.39, 0.29) is 6.04 Å². The molecule has 0 spiro atoms. The Kier molecular flexibility index (Phi) is 4.80. The van der Waals surface area contributed by atoms with Crippen molar-refractivity contribution in [2.45, 2.75) is 33.7 Å². The molecular weight excluding hydrogens is 364 g/mol. The van der Waals surface area contributed by atoms with Crippen LogP contribution in [-0.2, 0) is 0 Å². The third kappa shape index (κ3) is 3.36. The van der Waals surface area contributed by atoms with Crippen LogP contribution in [0.15, 0.2) is 41.1 Å². The van der Waals surface area contributed by atoms with Crippen molar-refractivity contribution < 1.29 is 9.26 Å². The van der Waals surface area contributed by atoms with Crippen LogP contribution in [0.4, 0.5) is 0 Å². The average molecular weight is 388 g/mol. The molecule has 0 radical (unpaired) electrons. The summed E-state index contributed by atoms with van der Waals surface area (Å²) in [5, 5.41) is 5.16. The van der Waals surface area contributed by atoms with Crippen molar-refractivity contribution in [2.24, 2.45) is 5.73 Å². The SMILES string of the molecule is COc1ccc(-c2cc3c(C(C)N)cc(C)cc3nc2-c2c(C)noc2C)cn1. The molecule has 6 nitrogen and oxygen atoms in total. The lowest BCUT2D eigenvalue weighted by atomic mass is 9.93. The van der Waals surface area contributed by atoms with E-state index >= 15 is 0 Å². The molecule has 0 saturated carbocycles. The number of fused-ring (bicyclic) bond motifs is 1. The summed E-state index contributed by atoms with van der Waals surface area (Å²) in [5.41, 5.74) is 13.8. The molecule has 0 amide bonds. The van der Waals surface area contributed by atoms with Crippen LogP contribution >= 0.6 is 0 Å². The number of hydrogen-bond donors (Lipinski definition) is 1. The van der Waals surface area contributed by atoms with Gasteiger partial charge in [-0.3, -0.25) is 0 Å². The Hall–Kier alpha value is -3.25. The first-order valence-corrected chi connectivity index (χ1v) is 9.53. The van der Waals surface area contributed by atoms with E-state index in [0.29, 0.717) is 5.88 Å². The molecular formula is C23H24N4O2. The smallest absolute Gasteiger partial charge is 0.212 e. The molecule has 3 heterocycles. The van der Waals surface area contributed by atoms with Gasteiger partial charge in [-0.25, -0.2) is 9.97 Å². The predicted octanol–water partition coefficient (Wildman–Crippen LogP) is 4.91. The highest BCUT2D eigenvalue weighted by Gasteiger charge is 2.20. The summed E-state index contributed by atoms with van der Waals surface area (Å²) < 4.78 is 10.6. The topological polar surface area (TPSA) is 87.1 Å². The summed E-state index contributed by atoms with van der Waals surface area (Å²) in [6.45, 7) is 7.88. The highest BCUT2D eigenvalue weighted by molar-refractivity contribution is 5.94. The Morgan fingerprint density at radius 1 is 1.10 bits per heavy atom. The number of methoxy groups -OCH3 is 1. The molecule has 0 bridgehead atoms. The summed E-state index contributed by atoms with van der Waals surface area (Å²) in [6.07, 6.45) is 1.79. The zero-order valence-corrected chi connectivity index (χ0v) is 17.3. The molecule has 6 heteroatoms. The molecule has 0 saturated heterocycles. The normalized spacial score (nSPS) is 12.3. The zero-order valence-electron chi connectivity index (χ0n) is 17.3. The van der Waals surface area contributed by atoms with Crippen molar-refractivity contribution in [1.29, 1.82) is 0 Å². The second-order valence-electron chi connectivity index (χ2n) is 7.38. The molecule has 29 heavy (non-hydrogen) atoms. The number of aromatic nitrogens is 3. The van der Waals surface area contributed by atoms with Gasteiger partial charge in [-0.05, 0) is 57.0 Å². The van der Waals surface area contributed by atoms with Gasteiger partial charge in [0.05, 0.1) is 29.6 Å². The Morgan fingerprint density at radius 2 is 1.90 bits per heavy atom. The standard InChI is InChI=1S/C23H24N4O2/c1-12-8-17(13(2)24)19-10-18(16-6-7-21(28-5)25-11-16)23(26-20(19)9-12)22-14(3)27-29-15(22)4/h6-11,13H,24H2,1-5H3. The summed E-state index contributed by atoms with van der Waals surface area (Å²) in [6, 6.07) is 10.1. The number of hydrogen-bond acceptors (Lipinski definition) is 6. The molecule has 4 rings (SSSR count). The van der Waals surface area contributed by atoms with E-state index < -0.39 is 0 Å². The number of benzene rings is 1. The van der Waals surface area contributed by atoms with Crippen molar-refractivity contribution in [3.05, 3.63) is 59.1 Å². The Bertz CT molecular complexity index is 1170. The van der Waals surface area contributed by atoms with Gasteiger partial charge in [-0.1, -0.05) is 11.2 Å². The fourth-order valence-corrected chi connectivity index (χ4v) is 3.72. The highest BCUT2D eigenvalue weighted by atomic mass is 16.5. The lowest BCUT2D eigenvalue weighted by Gasteiger charge is -2.16. The van der Waals surface area contributed by atoms with E-state index in [1.807, 2.05) is 32.9 Å². The molecule has 3 aromatic heterocycles. The Labute approximate surface area is 169 Å². The van der Waals surface area contributed by atoms with Crippen LogP contribution in [-0.4, -0.2) is 22.2 Å². The number of nitrogens with two attached hydrogens (primary N) is 1. The first-order valence-electron chi connectivity index (χ1n) is 9.53. The van der Waals surface area contributed by atoms with Crippen molar-refractivity contribution in [3.8, 4) is 28.3 Å². The van der Waals surface area contributed by atoms with E-state index in [9.17, 15) is 0 Å². The second-order valence-corrected chi connectivity index (χ2v) is 7.38. The van der Waals surface area contributed by atoms with E-state index in [1.165, 1.54) is 0 Å². The van der Waals surface area contributed by atoms with Crippen molar-refractivity contribution in [3.63, 3.8) is 0 Å². The minimum Gasteiger partial charge on any atom is -0.481 e. The summed E-state index contributed by atoms with van der Waals surface area (Å²) in [5.74, 6) is 1.30. The van der Waals surface area contributed by atoms with Crippen molar-refractivity contribution >= 4 is 10.9 Å². The van der Waals surface area contributed by atoms with Crippen LogP contribution in [0.5, 0.6) is 5.88 Å². The molecule has 0 aliphatic heterocycles. The van der Waals surface area contributed by atoms with E-state index in [1.54, 1.807) is 13.3 Å². The molecule has 4 aromatic rings. The summed E-state index contributed by atoms with van der Waals surface area (Å²) in [7, 11) is 1.60. The lowest BCUT2D eigenvalue weighted by molar-refractivity contribution is 0.393. The molecule has 1 aromatic carbocycles. The quantitative estimate of drug-likeness (QED) is 0.535. The molecule has 2 N–H and O–H groups in total. The van der Waals surface area contributed by atoms with Gasteiger partial charge in [0.2, 0.25) is 5.88 Å². The number of aryl methyl sites for hydroxylation is 3. The number of ether oxygens (including phenoxy) is 1. The molecule has 148 valence electrons. The fourth-order valence-electron chi connectivity index (χ4n) is 3.72. The van der Waals surface area contributed by atoms with Crippen molar-refractivity contribution in [2.75, 3.05) is 7.11 Å². The van der Waals surface area contributed by atoms with Gasteiger partial charge in [0.25, 0.3) is 0 Å². The number of pyridine rings is 2. The number of nitrogens with zero attached hydrogens (tertiary/aromatic N) is 3. The Balaban J connectivity index is 2.08. The second kappa shape index (κ2) is 7.29. The maximum atomic E-state index is 6.27. The Morgan fingerprint density at radius 3 is 2.48 bits per heavy atom. The van der Waals surface area contributed by atoms with Gasteiger partial charge in [0.15, 0.2) is 0 Å². The molecule has 0 fully saturated rings. The third-order valence-corrected chi connectivity index (χ3v) is 5.13. The molecule has 1 unspecified atom stereocenters. The zero-order chi connectivity index (χ0) is 20.7. The lowest BCUT2D eigenvalue weighted by Crippen LogP contribution is -2.07. The third-order valence-electron chi connectivity index (χ3n) is 5.13. The van der Waals surface area contributed by atoms with E-state index in [0.717, 1.165) is 55.9 Å². The van der Waals surface area contributed by atoms with E-state index in [4.69, 9.17) is 20.0 Å². The predicted molar refractivity (Wildman–Crippen MR) is 114 cm³/mol. The largest absolute Gasteiger partial charge is 0.481 e. The molecule has 0 aliphatic rings. The molecule has 0 aliphatic carbocycles. The molecule has 1 atom stereocenters. The van der Waals surface area contributed by atoms with Gasteiger partial charge < -0.3 is 15.0 Å². The van der Waals surface area contributed by atoms with E-state index in [2.05, 4.69) is 35.3 Å².